The summed E-state index contributed by atoms with van der Waals surface area (Å²) in [7, 11) is 0. The number of benzene rings is 1. The molecule has 1 saturated carbocycles. The van der Waals surface area contributed by atoms with Crippen molar-refractivity contribution in [2.24, 2.45) is 0 Å². The van der Waals surface area contributed by atoms with Crippen molar-refractivity contribution in [3.05, 3.63) is 63.9 Å². The van der Waals surface area contributed by atoms with Crippen molar-refractivity contribution in [1.82, 2.24) is 9.88 Å². The van der Waals surface area contributed by atoms with Crippen LogP contribution in [0.25, 0.3) is 0 Å². The van der Waals surface area contributed by atoms with E-state index < -0.39 is 6.10 Å². The fourth-order valence-electron chi connectivity index (χ4n) is 3.95. The maximum Gasteiger partial charge on any atom is 0.254 e. The number of aliphatic hydroxyl groups excluding tert-OH is 1. The van der Waals surface area contributed by atoms with Crippen molar-refractivity contribution in [3.8, 4) is 0 Å². The van der Waals surface area contributed by atoms with Crippen LogP contribution in [0.2, 0.25) is 5.15 Å². The third-order valence-corrected chi connectivity index (χ3v) is 5.52. The zero-order chi connectivity index (χ0) is 17.4. The van der Waals surface area contributed by atoms with Crippen LogP contribution in [0.3, 0.4) is 0 Å². The standard InChI is InChI=1S/C20H21ClN2O2/c21-19-8-6-14(11-22-19)9-13-5-7-15-12-23(20(25)16(15)10-13)17-3-1-2-4-18(17)24/h5-8,10-11,17-18,24H,1-4,9,12H2/t17-,18-/m0/s1. The van der Waals surface area contributed by atoms with Crippen LogP contribution in [-0.4, -0.2) is 33.0 Å². The Morgan fingerprint density at radius 3 is 2.72 bits per heavy atom. The minimum atomic E-state index is -0.397. The molecule has 25 heavy (non-hydrogen) atoms. The predicted molar refractivity (Wildman–Crippen MR) is 96.6 cm³/mol. The van der Waals surface area contributed by atoms with E-state index >= 15 is 0 Å². The van der Waals surface area contributed by atoms with Crippen molar-refractivity contribution in [1.29, 1.82) is 0 Å². The summed E-state index contributed by atoms with van der Waals surface area (Å²) in [6, 6.07) is 9.79. The van der Waals surface area contributed by atoms with Gasteiger partial charge in [0.1, 0.15) is 5.15 Å². The number of halogens is 1. The molecule has 2 aromatic rings. The van der Waals surface area contributed by atoms with Crippen molar-refractivity contribution in [2.75, 3.05) is 0 Å². The van der Waals surface area contributed by atoms with Crippen LogP contribution < -0.4 is 0 Å². The number of pyridine rings is 1. The number of hydrogen-bond donors (Lipinski definition) is 1. The molecule has 2 aliphatic rings. The van der Waals surface area contributed by atoms with E-state index in [-0.39, 0.29) is 11.9 Å². The highest BCUT2D eigenvalue weighted by Crippen LogP contribution is 2.32. The van der Waals surface area contributed by atoms with Gasteiger partial charge >= 0.3 is 0 Å². The Labute approximate surface area is 152 Å². The molecule has 1 amide bonds. The summed E-state index contributed by atoms with van der Waals surface area (Å²) in [5.74, 6) is 0.0528. The maximum absolute atomic E-state index is 12.9. The van der Waals surface area contributed by atoms with Gasteiger partial charge in [0, 0.05) is 18.3 Å². The minimum absolute atomic E-state index is 0.0439. The molecule has 4 rings (SSSR count). The molecule has 1 aliphatic carbocycles. The Kier molecular flexibility index (Phi) is 4.48. The molecule has 0 radical (unpaired) electrons. The summed E-state index contributed by atoms with van der Waals surface area (Å²) in [4.78, 5) is 18.8. The predicted octanol–water partition coefficient (Wildman–Crippen LogP) is 3.59. The Bertz CT molecular complexity index is 791. The van der Waals surface area contributed by atoms with Crippen LogP contribution in [0.1, 0.15) is 52.7 Å². The number of fused-ring (bicyclic) bond motifs is 1. The molecule has 1 aliphatic heterocycles. The lowest BCUT2D eigenvalue weighted by atomic mass is 9.91. The normalized spacial score (nSPS) is 23.0. The number of rotatable bonds is 3. The molecular weight excluding hydrogens is 336 g/mol. The van der Waals surface area contributed by atoms with E-state index in [1.54, 1.807) is 12.3 Å². The molecule has 2 atom stereocenters. The van der Waals surface area contributed by atoms with Gasteiger partial charge in [0.2, 0.25) is 0 Å². The molecule has 1 aromatic carbocycles. The van der Waals surface area contributed by atoms with Crippen LogP contribution in [-0.2, 0) is 13.0 Å². The van der Waals surface area contributed by atoms with E-state index in [0.717, 1.165) is 54.4 Å². The molecule has 130 valence electrons. The Hall–Kier alpha value is -1.91. The second kappa shape index (κ2) is 6.77. The van der Waals surface area contributed by atoms with Gasteiger partial charge < -0.3 is 10.0 Å². The molecular formula is C20H21ClN2O2. The van der Waals surface area contributed by atoms with Crippen LogP contribution >= 0.6 is 11.6 Å². The fourth-order valence-corrected chi connectivity index (χ4v) is 4.06. The third kappa shape index (κ3) is 3.29. The molecule has 2 heterocycles. The number of hydrogen-bond acceptors (Lipinski definition) is 3. The Balaban J connectivity index is 1.54. The lowest BCUT2D eigenvalue weighted by Crippen LogP contribution is -2.45. The van der Waals surface area contributed by atoms with Gasteiger partial charge in [0.05, 0.1) is 12.1 Å². The van der Waals surface area contributed by atoms with E-state index in [1.807, 2.05) is 23.1 Å². The van der Waals surface area contributed by atoms with Crippen LogP contribution in [0.4, 0.5) is 0 Å². The highest BCUT2D eigenvalue weighted by atomic mass is 35.5. The summed E-state index contributed by atoms with van der Waals surface area (Å²) in [6.07, 6.45) is 5.90. The topological polar surface area (TPSA) is 53.4 Å². The van der Waals surface area contributed by atoms with E-state index in [1.165, 1.54) is 0 Å². The fraction of sp³-hybridized carbons (Fsp3) is 0.400. The van der Waals surface area contributed by atoms with Gasteiger partial charge in [0.25, 0.3) is 5.91 Å². The number of aliphatic hydroxyl groups is 1. The molecule has 1 aromatic heterocycles. The van der Waals surface area contributed by atoms with Crippen molar-refractivity contribution < 1.29 is 9.90 Å². The third-order valence-electron chi connectivity index (χ3n) is 5.30. The lowest BCUT2D eigenvalue weighted by molar-refractivity contribution is 0.0191. The average molecular weight is 357 g/mol. The second-order valence-electron chi connectivity index (χ2n) is 7.01. The zero-order valence-electron chi connectivity index (χ0n) is 14.0. The van der Waals surface area contributed by atoms with Crippen LogP contribution in [0.15, 0.2) is 36.5 Å². The van der Waals surface area contributed by atoms with Gasteiger partial charge in [-0.05, 0) is 48.1 Å². The summed E-state index contributed by atoms with van der Waals surface area (Å²) < 4.78 is 0. The molecule has 4 nitrogen and oxygen atoms in total. The Morgan fingerprint density at radius 1 is 1.16 bits per heavy atom. The molecule has 0 saturated heterocycles. The van der Waals surface area contributed by atoms with Gasteiger partial charge in [0.15, 0.2) is 0 Å². The Morgan fingerprint density at radius 2 is 1.96 bits per heavy atom. The lowest BCUT2D eigenvalue weighted by Gasteiger charge is -2.35. The van der Waals surface area contributed by atoms with Gasteiger partial charge in [-0.25, -0.2) is 4.98 Å². The van der Waals surface area contributed by atoms with Gasteiger partial charge in [-0.2, -0.15) is 0 Å². The second-order valence-corrected chi connectivity index (χ2v) is 7.40. The molecule has 1 N–H and O–H groups in total. The summed E-state index contributed by atoms with van der Waals surface area (Å²) in [6.45, 7) is 0.610. The number of amides is 1. The first-order valence-electron chi connectivity index (χ1n) is 8.83. The highest BCUT2D eigenvalue weighted by molar-refractivity contribution is 6.29. The van der Waals surface area contributed by atoms with Crippen molar-refractivity contribution in [2.45, 2.75) is 50.8 Å². The number of carbonyl (C=O) groups excluding carboxylic acids is 1. The first kappa shape index (κ1) is 16.6. The number of nitrogens with zero attached hydrogens (tertiary/aromatic N) is 2. The summed E-state index contributed by atoms with van der Waals surface area (Å²) in [5.41, 5.74) is 3.98. The number of aromatic nitrogens is 1. The van der Waals surface area contributed by atoms with Gasteiger partial charge in [-0.1, -0.05) is 42.6 Å². The highest BCUT2D eigenvalue weighted by Gasteiger charge is 2.37. The minimum Gasteiger partial charge on any atom is -0.391 e. The van der Waals surface area contributed by atoms with Gasteiger partial charge in [-0.3, -0.25) is 4.79 Å². The first-order valence-corrected chi connectivity index (χ1v) is 9.21. The number of carbonyl (C=O) groups is 1. The van der Waals surface area contributed by atoms with Crippen molar-refractivity contribution in [3.63, 3.8) is 0 Å². The maximum atomic E-state index is 12.9. The van der Waals surface area contributed by atoms with Crippen LogP contribution in [0, 0.1) is 0 Å². The largest absolute Gasteiger partial charge is 0.391 e. The molecule has 0 unspecified atom stereocenters. The van der Waals surface area contributed by atoms with Crippen molar-refractivity contribution >= 4 is 17.5 Å². The first-order chi connectivity index (χ1) is 12.1. The van der Waals surface area contributed by atoms with Gasteiger partial charge in [-0.15, -0.1) is 0 Å². The quantitative estimate of drug-likeness (QED) is 0.855. The van der Waals surface area contributed by atoms with E-state index in [9.17, 15) is 9.90 Å². The monoisotopic (exact) mass is 356 g/mol. The summed E-state index contributed by atoms with van der Waals surface area (Å²) >= 11 is 5.83. The SMILES string of the molecule is O=C1c2cc(Cc3ccc(Cl)nc3)ccc2CN1[C@H]1CCCC[C@@H]1O. The van der Waals surface area contributed by atoms with E-state index in [2.05, 4.69) is 11.1 Å². The van der Waals surface area contributed by atoms with E-state index in [0.29, 0.717) is 11.7 Å². The average Bonchev–Trinajstić information content (AvgIpc) is 2.94. The molecule has 5 heteroatoms. The van der Waals surface area contributed by atoms with E-state index in [4.69, 9.17) is 11.6 Å². The zero-order valence-corrected chi connectivity index (χ0v) is 14.7. The molecule has 0 spiro atoms. The van der Waals surface area contributed by atoms with Crippen LogP contribution in [0.5, 0.6) is 0 Å². The smallest absolute Gasteiger partial charge is 0.254 e. The molecule has 1 fully saturated rings. The molecule has 0 bridgehead atoms. The summed E-state index contributed by atoms with van der Waals surface area (Å²) in [5, 5.41) is 10.8.